The van der Waals surface area contributed by atoms with Gasteiger partial charge in [-0.3, -0.25) is 14.5 Å². The quantitative estimate of drug-likeness (QED) is 0.868. The molecule has 2 heterocycles. The van der Waals surface area contributed by atoms with Crippen molar-refractivity contribution >= 4 is 23.3 Å². The number of ether oxygens (including phenoxy) is 1. The van der Waals surface area contributed by atoms with E-state index < -0.39 is 41.5 Å². The Bertz CT molecular complexity index is 829. The van der Waals surface area contributed by atoms with Crippen molar-refractivity contribution in [3.8, 4) is 5.75 Å². The molecule has 0 spiro atoms. The third-order valence-corrected chi connectivity index (χ3v) is 3.27. The molecule has 6 nitrogen and oxygen atoms in total. The number of carbonyl (C=O) groups excluding carboxylic acids is 2. The van der Waals surface area contributed by atoms with Gasteiger partial charge in [0.05, 0.1) is 5.69 Å². The van der Waals surface area contributed by atoms with Gasteiger partial charge in [0, 0.05) is 6.20 Å². The van der Waals surface area contributed by atoms with Gasteiger partial charge in [-0.15, -0.1) is 0 Å². The van der Waals surface area contributed by atoms with Crippen LogP contribution in [0.2, 0.25) is 0 Å². The molecule has 2 amide bonds. The molecule has 0 saturated heterocycles. The maximum absolute atomic E-state index is 13.6. The Labute approximate surface area is 133 Å². The molecule has 124 valence electrons. The van der Waals surface area contributed by atoms with E-state index in [1.54, 1.807) is 12.1 Å². The number of nitrogens with one attached hydrogen (secondary N) is 1. The van der Waals surface area contributed by atoms with Crippen LogP contribution in [-0.4, -0.2) is 29.9 Å². The SMILES string of the molecule is O=C(CN1C(=O)COc2cccnc21)Nc1ccc(F)c(F)c1F. The van der Waals surface area contributed by atoms with Crippen LogP contribution in [0.5, 0.6) is 5.75 Å². The predicted molar refractivity (Wildman–Crippen MR) is 77.0 cm³/mol. The van der Waals surface area contributed by atoms with E-state index in [0.717, 1.165) is 11.0 Å². The highest BCUT2D eigenvalue weighted by molar-refractivity contribution is 6.04. The standard InChI is InChI=1S/C15H10F3N3O3/c16-8-3-4-9(14(18)13(8)17)20-11(22)6-21-12(23)7-24-10-2-1-5-19-15(10)21/h1-5H,6-7H2,(H,20,22). The number of carbonyl (C=O) groups is 2. The van der Waals surface area contributed by atoms with Crippen molar-refractivity contribution in [2.45, 2.75) is 0 Å². The van der Waals surface area contributed by atoms with Gasteiger partial charge in [-0.1, -0.05) is 0 Å². The third kappa shape index (κ3) is 2.87. The number of benzene rings is 1. The fraction of sp³-hybridized carbons (Fsp3) is 0.133. The summed E-state index contributed by atoms with van der Waals surface area (Å²) >= 11 is 0. The zero-order valence-electron chi connectivity index (χ0n) is 12.1. The van der Waals surface area contributed by atoms with Crippen LogP contribution in [0.4, 0.5) is 24.7 Å². The van der Waals surface area contributed by atoms with Crippen molar-refractivity contribution in [3.63, 3.8) is 0 Å². The van der Waals surface area contributed by atoms with Crippen LogP contribution in [0, 0.1) is 17.5 Å². The number of nitrogens with zero attached hydrogens (tertiary/aromatic N) is 2. The van der Waals surface area contributed by atoms with Crippen molar-refractivity contribution in [3.05, 3.63) is 47.9 Å². The van der Waals surface area contributed by atoms with E-state index >= 15 is 0 Å². The highest BCUT2D eigenvalue weighted by atomic mass is 19.2. The summed E-state index contributed by atoms with van der Waals surface area (Å²) in [5.41, 5.74) is -0.527. The fourth-order valence-corrected chi connectivity index (χ4v) is 2.15. The van der Waals surface area contributed by atoms with Gasteiger partial charge in [0.2, 0.25) is 5.91 Å². The minimum Gasteiger partial charge on any atom is -0.480 e. The molecule has 0 unspecified atom stereocenters. The summed E-state index contributed by atoms with van der Waals surface area (Å²) in [6.07, 6.45) is 1.42. The molecule has 24 heavy (non-hydrogen) atoms. The van der Waals surface area contributed by atoms with E-state index in [2.05, 4.69) is 10.3 Å². The topological polar surface area (TPSA) is 71.5 Å². The lowest BCUT2D eigenvalue weighted by atomic mass is 10.2. The second kappa shape index (κ2) is 6.19. The normalized spacial score (nSPS) is 13.3. The number of hydrogen-bond acceptors (Lipinski definition) is 4. The van der Waals surface area contributed by atoms with Crippen molar-refractivity contribution in [2.24, 2.45) is 0 Å². The van der Waals surface area contributed by atoms with Crippen LogP contribution in [0.15, 0.2) is 30.5 Å². The van der Waals surface area contributed by atoms with E-state index in [1.165, 1.54) is 6.20 Å². The number of halogens is 3. The van der Waals surface area contributed by atoms with Crippen molar-refractivity contribution in [1.29, 1.82) is 0 Å². The second-order valence-corrected chi connectivity index (χ2v) is 4.86. The minimum absolute atomic E-state index is 0.148. The third-order valence-electron chi connectivity index (χ3n) is 3.27. The van der Waals surface area contributed by atoms with E-state index in [9.17, 15) is 22.8 Å². The number of hydrogen-bond donors (Lipinski definition) is 1. The first-order chi connectivity index (χ1) is 11.5. The maximum Gasteiger partial charge on any atom is 0.266 e. The summed E-state index contributed by atoms with van der Waals surface area (Å²) in [5, 5.41) is 2.09. The highest BCUT2D eigenvalue weighted by Gasteiger charge is 2.28. The molecule has 0 bridgehead atoms. The lowest BCUT2D eigenvalue weighted by Crippen LogP contribution is -2.44. The first-order valence-corrected chi connectivity index (χ1v) is 6.79. The van der Waals surface area contributed by atoms with Gasteiger partial charge in [0.25, 0.3) is 5.91 Å². The molecule has 1 aromatic carbocycles. The molecule has 1 aliphatic rings. The van der Waals surface area contributed by atoms with Gasteiger partial charge in [0.15, 0.2) is 35.6 Å². The Balaban J connectivity index is 1.78. The van der Waals surface area contributed by atoms with Crippen molar-refractivity contribution < 1.29 is 27.5 Å². The summed E-state index contributed by atoms with van der Waals surface area (Å²) in [6.45, 7) is -0.754. The summed E-state index contributed by atoms with van der Waals surface area (Å²) in [4.78, 5) is 29.0. The molecule has 1 aliphatic heterocycles. The maximum atomic E-state index is 13.6. The first kappa shape index (κ1) is 15.8. The summed E-state index contributed by atoms with van der Waals surface area (Å²) in [7, 11) is 0. The van der Waals surface area contributed by atoms with Crippen LogP contribution in [0.25, 0.3) is 0 Å². The smallest absolute Gasteiger partial charge is 0.266 e. The number of anilines is 2. The van der Waals surface area contributed by atoms with E-state index in [0.29, 0.717) is 11.8 Å². The molecular formula is C15H10F3N3O3. The lowest BCUT2D eigenvalue weighted by molar-refractivity contribution is -0.123. The molecule has 0 radical (unpaired) electrons. The summed E-state index contributed by atoms with van der Waals surface area (Å²) < 4.78 is 44.8. The zero-order valence-corrected chi connectivity index (χ0v) is 12.1. The highest BCUT2D eigenvalue weighted by Crippen LogP contribution is 2.28. The Kier molecular flexibility index (Phi) is 4.07. The summed E-state index contributed by atoms with van der Waals surface area (Å²) in [5.74, 6) is -5.42. The molecule has 1 aromatic heterocycles. The van der Waals surface area contributed by atoms with E-state index in [4.69, 9.17) is 4.74 Å². The molecule has 0 aliphatic carbocycles. The molecular weight excluding hydrogens is 327 g/mol. The van der Waals surface area contributed by atoms with Gasteiger partial charge in [-0.05, 0) is 24.3 Å². The van der Waals surface area contributed by atoms with Crippen LogP contribution in [0.3, 0.4) is 0 Å². The summed E-state index contributed by atoms with van der Waals surface area (Å²) in [6, 6.07) is 4.75. The van der Waals surface area contributed by atoms with E-state index in [1.807, 2.05) is 0 Å². The molecule has 0 fully saturated rings. The number of fused-ring (bicyclic) bond motifs is 1. The molecule has 9 heteroatoms. The minimum atomic E-state index is -1.69. The van der Waals surface area contributed by atoms with Crippen LogP contribution >= 0.6 is 0 Å². The molecule has 3 rings (SSSR count). The lowest BCUT2D eigenvalue weighted by Gasteiger charge is -2.27. The number of pyridine rings is 1. The van der Waals surface area contributed by atoms with Gasteiger partial charge in [-0.25, -0.2) is 18.2 Å². The number of amides is 2. The van der Waals surface area contributed by atoms with E-state index in [-0.39, 0.29) is 12.4 Å². The molecule has 0 saturated carbocycles. The zero-order chi connectivity index (χ0) is 17.3. The molecule has 2 aromatic rings. The number of rotatable bonds is 3. The van der Waals surface area contributed by atoms with Crippen LogP contribution in [-0.2, 0) is 9.59 Å². The fourth-order valence-electron chi connectivity index (χ4n) is 2.15. The molecule has 0 atom stereocenters. The second-order valence-electron chi connectivity index (χ2n) is 4.86. The Morgan fingerprint density at radius 2 is 2.04 bits per heavy atom. The van der Waals surface area contributed by atoms with Crippen molar-refractivity contribution in [1.82, 2.24) is 4.98 Å². The van der Waals surface area contributed by atoms with Crippen LogP contribution in [0.1, 0.15) is 0 Å². The Morgan fingerprint density at radius 3 is 2.83 bits per heavy atom. The van der Waals surface area contributed by atoms with Gasteiger partial charge in [0.1, 0.15) is 6.54 Å². The van der Waals surface area contributed by atoms with Crippen molar-refractivity contribution in [2.75, 3.05) is 23.4 Å². The average molecular weight is 337 g/mol. The Morgan fingerprint density at radius 1 is 1.25 bits per heavy atom. The average Bonchev–Trinajstić information content (AvgIpc) is 2.58. The molecule has 1 N–H and O–H groups in total. The number of aromatic nitrogens is 1. The first-order valence-electron chi connectivity index (χ1n) is 6.79. The monoisotopic (exact) mass is 337 g/mol. The van der Waals surface area contributed by atoms with Gasteiger partial charge >= 0.3 is 0 Å². The largest absolute Gasteiger partial charge is 0.480 e. The van der Waals surface area contributed by atoms with Gasteiger partial charge in [-0.2, -0.15) is 0 Å². The van der Waals surface area contributed by atoms with Crippen LogP contribution < -0.4 is 15.0 Å². The predicted octanol–water partition coefficient (Wildman–Crippen LogP) is 1.86. The van der Waals surface area contributed by atoms with Gasteiger partial charge < -0.3 is 10.1 Å². The Hall–Kier alpha value is -3.10.